The van der Waals surface area contributed by atoms with E-state index in [1.54, 1.807) is 36.4 Å². The second-order valence-electron chi connectivity index (χ2n) is 6.25. The Hall–Kier alpha value is -2.91. The number of methoxy groups -OCH3 is 1. The topological polar surface area (TPSA) is 108 Å². The van der Waals surface area contributed by atoms with Gasteiger partial charge in [0.05, 0.1) is 19.4 Å². The van der Waals surface area contributed by atoms with Gasteiger partial charge in [0, 0.05) is 0 Å². The molecule has 0 bridgehead atoms. The molecule has 0 saturated carbocycles. The maximum absolute atomic E-state index is 12.3. The molecule has 8 nitrogen and oxygen atoms in total. The highest BCUT2D eigenvalue weighted by molar-refractivity contribution is 7.86. The smallest absolute Gasteiger partial charge is 0.407 e. The van der Waals surface area contributed by atoms with Crippen molar-refractivity contribution in [3.8, 4) is 0 Å². The molecule has 0 heterocycles. The third kappa shape index (κ3) is 7.92. The summed E-state index contributed by atoms with van der Waals surface area (Å²) in [5, 5.41) is 2.52. The van der Waals surface area contributed by atoms with Gasteiger partial charge in [-0.05, 0) is 17.5 Å². The lowest BCUT2D eigenvalue weighted by atomic mass is 10.0. The first kappa shape index (κ1) is 22.4. The number of hydrogen-bond donors (Lipinski definition) is 1. The van der Waals surface area contributed by atoms with Crippen LogP contribution in [0.5, 0.6) is 0 Å². The number of benzene rings is 2. The van der Waals surface area contributed by atoms with Crippen molar-refractivity contribution in [2.24, 2.45) is 0 Å². The predicted octanol–water partition coefficient (Wildman–Crippen LogP) is 2.04. The van der Waals surface area contributed by atoms with Crippen molar-refractivity contribution in [3.05, 3.63) is 71.8 Å². The van der Waals surface area contributed by atoms with Gasteiger partial charge in [-0.15, -0.1) is 0 Å². The van der Waals surface area contributed by atoms with E-state index in [2.05, 4.69) is 10.1 Å². The zero-order valence-corrected chi connectivity index (χ0v) is 16.9. The largest absolute Gasteiger partial charge is 0.467 e. The number of carbonyl (C=O) groups excluding carboxylic acids is 2. The van der Waals surface area contributed by atoms with Crippen molar-refractivity contribution in [1.29, 1.82) is 0 Å². The van der Waals surface area contributed by atoms with Gasteiger partial charge in [-0.3, -0.25) is 4.18 Å². The van der Waals surface area contributed by atoms with Crippen LogP contribution < -0.4 is 5.32 Å². The van der Waals surface area contributed by atoms with E-state index in [1.165, 1.54) is 0 Å². The molecule has 0 radical (unpaired) electrons. The zero-order valence-electron chi connectivity index (χ0n) is 16.1. The molecule has 9 heteroatoms. The molecule has 2 atom stereocenters. The predicted molar refractivity (Wildman–Crippen MR) is 105 cm³/mol. The van der Waals surface area contributed by atoms with Crippen molar-refractivity contribution in [2.45, 2.75) is 25.2 Å². The van der Waals surface area contributed by atoms with E-state index in [-0.39, 0.29) is 13.0 Å². The molecule has 2 aromatic rings. The SMILES string of the molecule is COC(=O)[C@H](OS(C)(=O)=O)[C@H](Cc1ccccc1)NC(=O)OCc1ccccc1. The highest BCUT2D eigenvalue weighted by Crippen LogP contribution is 2.13. The monoisotopic (exact) mass is 421 g/mol. The first-order chi connectivity index (χ1) is 13.8. The molecule has 0 spiro atoms. The lowest BCUT2D eigenvalue weighted by Crippen LogP contribution is -2.50. The third-order valence-electron chi connectivity index (χ3n) is 3.89. The third-order valence-corrected chi connectivity index (χ3v) is 4.45. The van der Waals surface area contributed by atoms with Crippen LogP contribution in [0.15, 0.2) is 60.7 Å². The van der Waals surface area contributed by atoms with Gasteiger partial charge in [-0.25, -0.2) is 9.59 Å². The highest BCUT2D eigenvalue weighted by Gasteiger charge is 2.35. The number of hydrogen-bond acceptors (Lipinski definition) is 7. The van der Waals surface area contributed by atoms with E-state index in [0.29, 0.717) is 0 Å². The Morgan fingerprint density at radius 1 is 0.966 bits per heavy atom. The Bertz CT molecular complexity index is 901. The van der Waals surface area contributed by atoms with Gasteiger partial charge >= 0.3 is 12.1 Å². The molecule has 29 heavy (non-hydrogen) atoms. The van der Waals surface area contributed by atoms with Crippen LogP contribution in [-0.4, -0.2) is 46.0 Å². The number of rotatable bonds is 9. The number of carbonyl (C=O) groups is 2. The van der Waals surface area contributed by atoms with Crippen LogP contribution in [0.3, 0.4) is 0 Å². The minimum absolute atomic E-state index is 0.0144. The first-order valence-electron chi connectivity index (χ1n) is 8.75. The molecule has 156 valence electrons. The number of alkyl carbamates (subject to hydrolysis) is 1. The van der Waals surface area contributed by atoms with Gasteiger partial charge < -0.3 is 14.8 Å². The average Bonchev–Trinajstić information content (AvgIpc) is 2.70. The van der Waals surface area contributed by atoms with Crippen molar-refractivity contribution >= 4 is 22.2 Å². The van der Waals surface area contributed by atoms with Crippen LogP contribution in [0.25, 0.3) is 0 Å². The van der Waals surface area contributed by atoms with Gasteiger partial charge in [-0.1, -0.05) is 60.7 Å². The summed E-state index contributed by atoms with van der Waals surface area (Å²) >= 11 is 0. The molecule has 2 rings (SSSR count). The van der Waals surface area contributed by atoms with Gasteiger partial charge in [-0.2, -0.15) is 8.42 Å². The van der Waals surface area contributed by atoms with Crippen molar-refractivity contribution in [1.82, 2.24) is 5.32 Å². The number of ether oxygens (including phenoxy) is 2. The Kier molecular flexibility index (Phi) is 8.17. The number of esters is 1. The minimum atomic E-state index is -4.00. The molecule has 0 aliphatic carbocycles. The van der Waals surface area contributed by atoms with Crippen molar-refractivity contribution < 1.29 is 31.7 Å². The van der Waals surface area contributed by atoms with E-state index >= 15 is 0 Å². The molecular formula is C20H23NO7S. The van der Waals surface area contributed by atoms with Crippen molar-refractivity contribution in [2.75, 3.05) is 13.4 Å². The maximum atomic E-state index is 12.3. The Balaban J connectivity index is 2.18. The second kappa shape index (κ2) is 10.6. The fourth-order valence-corrected chi connectivity index (χ4v) is 3.18. The number of amides is 1. The molecule has 0 aliphatic heterocycles. The van der Waals surface area contributed by atoms with Crippen LogP contribution >= 0.6 is 0 Å². The summed E-state index contributed by atoms with van der Waals surface area (Å²) in [4.78, 5) is 24.5. The van der Waals surface area contributed by atoms with Crippen LogP contribution in [0.2, 0.25) is 0 Å². The van der Waals surface area contributed by atoms with Crippen LogP contribution in [-0.2, 0) is 41.6 Å². The lowest BCUT2D eigenvalue weighted by molar-refractivity contribution is -0.150. The lowest BCUT2D eigenvalue weighted by Gasteiger charge is -2.25. The average molecular weight is 421 g/mol. The van der Waals surface area contributed by atoms with Crippen LogP contribution in [0.4, 0.5) is 4.79 Å². The normalized spacial score (nSPS) is 13.2. The summed E-state index contributed by atoms with van der Waals surface area (Å²) in [6.45, 7) is 0.0144. The van der Waals surface area contributed by atoms with Crippen LogP contribution in [0, 0.1) is 0 Å². The quantitative estimate of drug-likeness (QED) is 0.488. The second-order valence-corrected chi connectivity index (χ2v) is 7.85. The summed E-state index contributed by atoms with van der Waals surface area (Å²) in [6.07, 6.45) is -1.45. The van der Waals surface area contributed by atoms with E-state index < -0.39 is 34.3 Å². The molecule has 1 N–H and O–H groups in total. The molecular weight excluding hydrogens is 398 g/mol. The summed E-state index contributed by atoms with van der Waals surface area (Å²) < 4.78 is 38.0. The van der Waals surface area contributed by atoms with Gasteiger partial charge in [0.15, 0.2) is 6.10 Å². The van der Waals surface area contributed by atoms with E-state index in [4.69, 9.17) is 8.92 Å². The summed E-state index contributed by atoms with van der Waals surface area (Å²) in [5.41, 5.74) is 1.53. The van der Waals surface area contributed by atoms with E-state index in [1.807, 2.05) is 24.3 Å². The fraction of sp³-hybridized carbons (Fsp3) is 0.300. The molecule has 1 amide bonds. The zero-order chi connectivity index (χ0) is 21.3. The molecule has 0 unspecified atom stereocenters. The van der Waals surface area contributed by atoms with Crippen molar-refractivity contribution in [3.63, 3.8) is 0 Å². The Labute approximate surface area is 169 Å². The summed E-state index contributed by atoms with van der Waals surface area (Å²) in [7, 11) is -2.89. The number of nitrogens with one attached hydrogen (secondary N) is 1. The summed E-state index contributed by atoms with van der Waals surface area (Å²) in [5.74, 6) is -0.931. The molecule has 0 fully saturated rings. The molecule has 0 aliphatic rings. The Morgan fingerprint density at radius 3 is 2.03 bits per heavy atom. The molecule has 2 aromatic carbocycles. The van der Waals surface area contributed by atoms with Crippen LogP contribution in [0.1, 0.15) is 11.1 Å². The summed E-state index contributed by atoms with van der Waals surface area (Å²) in [6, 6.07) is 16.9. The van der Waals surface area contributed by atoms with Gasteiger partial charge in [0.2, 0.25) is 0 Å². The highest BCUT2D eigenvalue weighted by atomic mass is 32.2. The molecule has 0 aromatic heterocycles. The first-order valence-corrected chi connectivity index (χ1v) is 10.6. The van der Waals surface area contributed by atoms with E-state index in [9.17, 15) is 18.0 Å². The maximum Gasteiger partial charge on any atom is 0.407 e. The minimum Gasteiger partial charge on any atom is -0.467 e. The molecule has 0 saturated heterocycles. The standard InChI is InChI=1S/C20H23NO7S/c1-26-19(22)18(28-29(2,24)25)17(13-15-9-5-3-6-10-15)21-20(23)27-14-16-11-7-4-8-12-16/h3-12,17-18H,13-14H2,1-2H3,(H,21,23)/t17-,18+/m0/s1. The van der Waals surface area contributed by atoms with Gasteiger partial charge in [0.25, 0.3) is 10.1 Å². The van der Waals surface area contributed by atoms with Gasteiger partial charge in [0.1, 0.15) is 6.61 Å². The fourth-order valence-electron chi connectivity index (χ4n) is 2.59. The Morgan fingerprint density at radius 2 is 1.52 bits per heavy atom. The van der Waals surface area contributed by atoms with E-state index in [0.717, 1.165) is 24.5 Å².